The van der Waals surface area contributed by atoms with Crippen molar-refractivity contribution in [1.82, 2.24) is 15.2 Å². The van der Waals surface area contributed by atoms with Gasteiger partial charge in [-0.05, 0) is 19.3 Å². The first kappa shape index (κ1) is 15.4. The van der Waals surface area contributed by atoms with Gasteiger partial charge in [0.25, 0.3) is 0 Å². The summed E-state index contributed by atoms with van der Waals surface area (Å²) < 4.78 is 28.7. The molecule has 0 aromatic carbocycles. The molecule has 3 heterocycles. The molecule has 2 unspecified atom stereocenters. The summed E-state index contributed by atoms with van der Waals surface area (Å²) in [5.74, 6) is 1.49. The average Bonchev–Trinajstić information content (AvgIpc) is 3.14. The second-order valence-electron chi connectivity index (χ2n) is 5.82. The Labute approximate surface area is 130 Å². The van der Waals surface area contributed by atoms with Crippen molar-refractivity contribution in [3.05, 3.63) is 6.20 Å². The fourth-order valence-corrected chi connectivity index (χ4v) is 4.59. The topological polar surface area (TPSA) is 97.3 Å². The third kappa shape index (κ3) is 3.64. The fraction of sp³-hybridized carbons (Fsp3) is 0.769. The first-order valence-corrected chi connectivity index (χ1v) is 9.34. The number of rotatable bonds is 5. The summed E-state index contributed by atoms with van der Waals surface area (Å²) in [5, 5.41) is 11.1. The Morgan fingerprint density at radius 2 is 2.32 bits per heavy atom. The second-order valence-corrected chi connectivity index (χ2v) is 8.05. The van der Waals surface area contributed by atoms with Crippen molar-refractivity contribution < 1.29 is 13.2 Å². The molecule has 0 radical (unpaired) electrons. The molecular weight excluding hydrogens is 306 g/mol. The Kier molecular flexibility index (Phi) is 4.44. The Bertz CT molecular complexity index is 618. The van der Waals surface area contributed by atoms with E-state index in [9.17, 15) is 8.42 Å². The highest BCUT2D eigenvalue weighted by atomic mass is 32.2. The molecule has 1 aromatic heterocycles. The number of anilines is 2. The first-order chi connectivity index (χ1) is 10.5. The first-order valence-electron chi connectivity index (χ1n) is 7.52. The lowest BCUT2D eigenvalue weighted by molar-refractivity contribution is 0.120. The van der Waals surface area contributed by atoms with Crippen molar-refractivity contribution in [2.75, 3.05) is 41.9 Å². The van der Waals surface area contributed by atoms with E-state index in [-0.39, 0.29) is 23.7 Å². The van der Waals surface area contributed by atoms with E-state index < -0.39 is 9.84 Å². The van der Waals surface area contributed by atoms with Crippen molar-refractivity contribution in [3.63, 3.8) is 0 Å². The third-order valence-corrected chi connectivity index (χ3v) is 5.93. The zero-order chi connectivity index (χ0) is 15.6. The molecule has 2 aliphatic rings. The Morgan fingerprint density at radius 1 is 1.45 bits per heavy atom. The van der Waals surface area contributed by atoms with Gasteiger partial charge in [-0.2, -0.15) is 10.1 Å². The molecule has 2 fully saturated rings. The molecule has 0 aliphatic carbocycles. The number of nitrogens with zero attached hydrogens (tertiary/aromatic N) is 4. The monoisotopic (exact) mass is 327 g/mol. The van der Waals surface area contributed by atoms with Crippen molar-refractivity contribution >= 4 is 21.6 Å². The molecule has 22 heavy (non-hydrogen) atoms. The van der Waals surface area contributed by atoms with Crippen molar-refractivity contribution in [3.8, 4) is 0 Å². The minimum absolute atomic E-state index is 0.0484. The summed E-state index contributed by atoms with van der Waals surface area (Å²) in [4.78, 5) is 6.29. The molecule has 122 valence electrons. The minimum atomic E-state index is -2.92. The molecule has 2 aliphatic heterocycles. The van der Waals surface area contributed by atoms with Crippen LogP contribution in [-0.4, -0.2) is 67.4 Å². The van der Waals surface area contributed by atoms with Gasteiger partial charge in [-0.15, -0.1) is 5.10 Å². The molecule has 2 saturated heterocycles. The number of hydrogen-bond acceptors (Lipinski definition) is 8. The Balaban J connectivity index is 1.62. The van der Waals surface area contributed by atoms with Gasteiger partial charge in [0.15, 0.2) is 15.7 Å². The van der Waals surface area contributed by atoms with Crippen LogP contribution in [0.4, 0.5) is 11.8 Å². The predicted molar refractivity (Wildman–Crippen MR) is 82.8 cm³/mol. The lowest BCUT2D eigenvalue weighted by Gasteiger charge is -2.24. The highest BCUT2D eigenvalue weighted by Crippen LogP contribution is 2.21. The van der Waals surface area contributed by atoms with E-state index in [1.54, 1.807) is 6.20 Å². The van der Waals surface area contributed by atoms with E-state index in [1.807, 2.05) is 11.9 Å². The van der Waals surface area contributed by atoms with E-state index in [0.29, 0.717) is 24.7 Å². The van der Waals surface area contributed by atoms with Gasteiger partial charge < -0.3 is 15.0 Å². The number of ether oxygens (including phenoxy) is 1. The highest BCUT2D eigenvalue weighted by molar-refractivity contribution is 7.91. The SMILES string of the molecule is CN(c1cnnc(NCC2CCCO2)n1)C1CCS(=O)(=O)C1. The summed E-state index contributed by atoms with van der Waals surface area (Å²) in [6, 6.07) is -0.0484. The minimum Gasteiger partial charge on any atom is -0.376 e. The summed E-state index contributed by atoms with van der Waals surface area (Å²) in [6.45, 7) is 1.47. The van der Waals surface area contributed by atoms with Gasteiger partial charge in [0.2, 0.25) is 5.95 Å². The molecule has 9 heteroatoms. The maximum Gasteiger partial charge on any atom is 0.244 e. The van der Waals surface area contributed by atoms with Crippen LogP contribution in [0, 0.1) is 0 Å². The van der Waals surface area contributed by atoms with Gasteiger partial charge in [-0.3, -0.25) is 0 Å². The number of nitrogens with one attached hydrogen (secondary N) is 1. The number of sulfone groups is 1. The highest BCUT2D eigenvalue weighted by Gasteiger charge is 2.31. The van der Waals surface area contributed by atoms with Crippen molar-refractivity contribution in [2.24, 2.45) is 0 Å². The van der Waals surface area contributed by atoms with Gasteiger partial charge in [0.1, 0.15) is 0 Å². The van der Waals surface area contributed by atoms with Gasteiger partial charge in [-0.1, -0.05) is 0 Å². The van der Waals surface area contributed by atoms with E-state index >= 15 is 0 Å². The average molecular weight is 327 g/mol. The molecule has 2 atom stereocenters. The van der Waals surface area contributed by atoms with Gasteiger partial charge >= 0.3 is 0 Å². The molecule has 8 nitrogen and oxygen atoms in total. The standard InChI is InChI=1S/C13H21N5O3S/c1-18(10-4-6-22(19,20)9-10)12-8-15-17-13(16-12)14-7-11-3-2-5-21-11/h8,10-11H,2-7,9H2,1H3,(H,14,16,17). The molecule has 0 saturated carbocycles. The van der Waals surface area contributed by atoms with E-state index in [0.717, 1.165) is 19.4 Å². The van der Waals surface area contributed by atoms with E-state index in [2.05, 4.69) is 20.5 Å². The van der Waals surface area contributed by atoms with Crippen LogP contribution in [0.15, 0.2) is 6.20 Å². The van der Waals surface area contributed by atoms with Gasteiger partial charge in [0.05, 0.1) is 23.8 Å². The maximum atomic E-state index is 11.6. The maximum absolute atomic E-state index is 11.6. The van der Waals surface area contributed by atoms with Crippen LogP contribution < -0.4 is 10.2 Å². The molecular formula is C13H21N5O3S. The third-order valence-electron chi connectivity index (χ3n) is 4.18. The summed E-state index contributed by atoms with van der Waals surface area (Å²) in [5.41, 5.74) is 0. The smallest absolute Gasteiger partial charge is 0.244 e. The molecule has 0 spiro atoms. The lowest BCUT2D eigenvalue weighted by Crippen LogP contribution is -2.33. The van der Waals surface area contributed by atoms with Crippen molar-refractivity contribution in [1.29, 1.82) is 0 Å². The van der Waals surface area contributed by atoms with Crippen LogP contribution in [0.25, 0.3) is 0 Å². The molecule has 1 aromatic rings. The predicted octanol–water partition coefficient (Wildman–Crippen LogP) is 0.0858. The van der Waals surface area contributed by atoms with E-state index in [1.165, 1.54) is 0 Å². The second kappa shape index (κ2) is 6.33. The van der Waals surface area contributed by atoms with Gasteiger partial charge in [-0.25, -0.2) is 8.42 Å². The molecule has 3 rings (SSSR count). The van der Waals surface area contributed by atoms with Crippen LogP contribution >= 0.6 is 0 Å². The normalized spacial score (nSPS) is 27.0. The molecule has 0 bridgehead atoms. The summed E-state index contributed by atoms with van der Waals surface area (Å²) >= 11 is 0. The summed E-state index contributed by atoms with van der Waals surface area (Å²) in [6.07, 6.45) is 4.51. The Morgan fingerprint density at radius 3 is 3.00 bits per heavy atom. The molecule has 0 amide bonds. The zero-order valence-corrected chi connectivity index (χ0v) is 13.4. The summed E-state index contributed by atoms with van der Waals surface area (Å²) in [7, 11) is -1.07. The zero-order valence-electron chi connectivity index (χ0n) is 12.6. The van der Waals surface area contributed by atoms with Crippen LogP contribution in [0.2, 0.25) is 0 Å². The van der Waals surface area contributed by atoms with Crippen LogP contribution in [-0.2, 0) is 14.6 Å². The van der Waals surface area contributed by atoms with Crippen LogP contribution in [0.3, 0.4) is 0 Å². The van der Waals surface area contributed by atoms with E-state index in [4.69, 9.17) is 4.74 Å². The largest absolute Gasteiger partial charge is 0.376 e. The van der Waals surface area contributed by atoms with Crippen LogP contribution in [0.5, 0.6) is 0 Å². The van der Waals surface area contributed by atoms with Gasteiger partial charge in [0, 0.05) is 26.2 Å². The Hall–Kier alpha value is -1.48. The fourth-order valence-electron chi connectivity index (χ4n) is 2.82. The molecule has 1 N–H and O–H groups in total. The quantitative estimate of drug-likeness (QED) is 0.812. The number of hydrogen-bond donors (Lipinski definition) is 1. The van der Waals surface area contributed by atoms with Crippen molar-refractivity contribution in [2.45, 2.75) is 31.4 Å². The lowest BCUT2D eigenvalue weighted by atomic mass is 10.2. The number of aromatic nitrogens is 3. The van der Waals surface area contributed by atoms with Crippen LogP contribution in [0.1, 0.15) is 19.3 Å².